The molecule has 7 heteroatoms. The molecular formula is C17H12FN3O3. The lowest BCUT2D eigenvalue weighted by molar-refractivity contribution is -0.118. The molecular weight excluding hydrogens is 313 g/mol. The largest absolute Gasteiger partial charge is 0.420 e. The maximum Gasteiger partial charge on any atom is 0.420 e. The lowest BCUT2D eigenvalue weighted by atomic mass is 10.0. The molecule has 0 bridgehead atoms. The van der Waals surface area contributed by atoms with Crippen LogP contribution in [0.25, 0.3) is 33.1 Å². The SMILES string of the molecule is NC(=O)Cn1c(=O)oc2cc(-c3c[nH]c4cc(F)ccc34)ccc21. The molecule has 4 aromatic rings. The zero-order valence-electron chi connectivity index (χ0n) is 12.4. The molecule has 4 rings (SSSR count). The second-order valence-electron chi connectivity index (χ2n) is 5.50. The van der Waals surface area contributed by atoms with Crippen LogP contribution in [0.4, 0.5) is 4.39 Å². The van der Waals surface area contributed by atoms with Gasteiger partial charge in [0.05, 0.1) is 5.52 Å². The number of nitrogens with one attached hydrogen (secondary N) is 1. The highest BCUT2D eigenvalue weighted by atomic mass is 19.1. The minimum atomic E-state index is -0.637. The molecule has 0 saturated heterocycles. The van der Waals surface area contributed by atoms with Crippen molar-refractivity contribution in [1.82, 2.24) is 9.55 Å². The molecule has 0 aliphatic heterocycles. The van der Waals surface area contributed by atoms with Gasteiger partial charge in [0.25, 0.3) is 0 Å². The third-order valence-electron chi connectivity index (χ3n) is 3.94. The second-order valence-corrected chi connectivity index (χ2v) is 5.50. The first-order valence-corrected chi connectivity index (χ1v) is 7.21. The first-order chi connectivity index (χ1) is 11.5. The van der Waals surface area contributed by atoms with E-state index in [2.05, 4.69) is 4.98 Å². The van der Waals surface area contributed by atoms with E-state index in [1.807, 2.05) is 0 Å². The first-order valence-electron chi connectivity index (χ1n) is 7.21. The lowest BCUT2D eigenvalue weighted by Crippen LogP contribution is -2.24. The summed E-state index contributed by atoms with van der Waals surface area (Å²) in [6.45, 7) is -0.239. The number of nitrogens with zero attached hydrogens (tertiary/aromatic N) is 1. The van der Waals surface area contributed by atoms with Crippen molar-refractivity contribution in [3.05, 3.63) is 59.0 Å². The zero-order chi connectivity index (χ0) is 16.8. The van der Waals surface area contributed by atoms with Crippen molar-refractivity contribution in [2.75, 3.05) is 0 Å². The van der Waals surface area contributed by atoms with Gasteiger partial charge in [0, 0.05) is 22.7 Å². The van der Waals surface area contributed by atoms with Gasteiger partial charge in [-0.05, 0) is 35.9 Å². The van der Waals surface area contributed by atoms with E-state index in [0.717, 1.165) is 16.5 Å². The highest BCUT2D eigenvalue weighted by Gasteiger charge is 2.13. The summed E-state index contributed by atoms with van der Waals surface area (Å²) in [5.74, 6) is -1.58. The number of fused-ring (bicyclic) bond motifs is 2. The predicted octanol–water partition coefficient (Wildman–Crippen LogP) is 2.37. The van der Waals surface area contributed by atoms with Gasteiger partial charge in [0.15, 0.2) is 5.58 Å². The van der Waals surface area contributed by atoms with Crippen LogP contribution in [0.15, 0.2) is 51.8 Å². The van der Waals surface area contributed by atoms with Crippen LogP contribution >= 0.6 is 0 Å². The first kappa shape index (κ1) is 14.3. The van der Waals surface area contributed by atoms with Crippen LogP contribution in [0.2, 0.25) is 0 Å². The van der Waals surface area contributed by atoms with E-state index in [0.29, 0.717) is 16.6 Å². The molecule has 24 heavy (non-hydrogen) atoms. The van der Waals surface area contributed by atoms with Crippen LogP contribution in [0, 0.1) is 5.82 Å². The molecule has 2 heterocycles. The molecule has 1 amide bonds. The van der Waals surface area contributed by atoms with E-state index in [4.69, 9.17) is 10.2 Å². The highest BCUT2D eigenvalue weighted by molar-refractivity contribution is 5.97. The monoisotopic (exact) mass is 325 g/mol. The number of amides is 1. The van der Waals surface area contributed by atoms with E-state index in [1.54, 1.807) is 30.5 Å². The number of H-pyrrole nitrogens is 1. The van der Waals surface area contributed by atoms with E-state index < -0.39 is 11.7 Å². The Kier molecular flexibility index (Phi) is 3.02. The van der Waals surface area contributed by atoms with Crippen LogP contribution in [-0.2, 0) is 11.3 Å². The number of carbonyl (C=O) groups is 1. The number of hydrogen-bond donors (Lipinski definition) is 2. The minimum absolute atomic E-state index is 0.239. The number of nitrogens with two attached hydrogens (primary N) is 1. The summed E-state index contributed by atoms with van der Waals surface area (Å²) in [5.41, 5.74) is 8.34. The van der Waals surface area contributed by atoms with Crippen molar-refractivity contribution in [3.8, 4) is 11.1 Å². The van der Waals surface area contributed by atoms with Gasteiger partial charge in [-0.25, -0.2) is 9.18 Å². The fourth-order valence-electron chi connectivity index (χ4n) is 2.88. The van der Waals surface area contributed by atoms with Crippen LogP contribution in [0.3, 0.4) is 0 Å². The van der Waals surface area contributed by atoms with E-state index >= 15 is 0 Å². The zero-order valence-corrected chi connectivity index (χ0v) is 12.4. The summed E-state index contributed by atoms with van der Waals surface area (Å²) in [5, 5.41) is 0.856. The Hall–Kier alpha value is -3.35. The molecule has 0 atom stereocenters. The molecule has 0 unspecified atom stereocenters. The number of aromatic amines is 1. The number of hydrogen-bond acceptors (Lipinski definition) is 3. The van der Waals surface area contributed by atoms with Crippen molar-refractivity contribution in [3.63, 3.8) is 0 Å². The number of primary amides is 1. The van der Waals surface area contributed by atoms with Crippen LogP contribution in [0.1, 0.15) is 0 Å². The van der Waals surface area contributed by atoms with Crippen LogP contribution in [0.5, 0.6) is 0 Å². The average molecular weight is 325 g/mol. The van der Waals surface area contributed by atoms with Gasteiger partial charge in [0.2, 0.25) is 5.91 Å². The number of halogens is 1. The van der Waals surface area contributed by atoms with Gasteiger partial charge >= 0.3 is 5.76 Å². The van der Waals surface area contributed by atoms with Gasteiger partial charge in [0.1, 0.15) is 12.4 Å². The van der Waals surface area contributed by atoms with Gasteiger partial charge in [-0.2, -0.15) is 0 Å². The second kappa shape index (κ2) is 5.09. The molecule has 120 valence electrons. The third kappa shape index (κ3) is 2.18. The van der Waals surface area contributed by atoms with Crippen molar-refractivity contribution < 1.29 is 13.6 Å². The summed E-state index contributed by atoms with van der Waals surface area (Å²) >= 11 is 0. The molecule has 0 radical (unpaired) electrons. The molecule has 6 nitrogen and oxygen atoms in total. The Morgan fingerprint density at radius 1 is 1.25 bits per heavy atom. The normalized spacial score (nSPS) is 11.4. The Labute approximate surface area is 134 Å². The Morgan fingerprint density at radius 2 is 2.08 bits per heavy atom. The van der Waals surface area contributed by atoms with Crippen molar-refractivity contribution in [1.29, 1.82) is 0 Å². The summed E-state index contributed by atoms with van der Waals surface area (Å²) < 4.78 is 19.7. The van der Waals surface area contributed by atoms with Gasteiger partial charge in [-0.3, -0.25) is 9.36 Å². The van der Waals surface area contributed by atoms with E-state index in [1.165, 1.54) is 16.7 Å². The van der Waals surface area contributed by atoms with Crippen LogP contribution < -0.4 is 11.5 Å². The van der Waals surface area contributed by atoms with Crippen molar-refractivity contribution in [2.24, 2.45) is 5.73 Å². The van der Waals surface area contributed by atoms with E-state index in [-0.39, 0.29) is 12.4 Å². The molecule has 0 aliphatic rings. The van der Waals surface area contributed by atoms with Crippen LogP contribution in [-0.4, -0.2) is 15.5 Å². The van der Waals surface area contributed by atoms with Gasteiger partial charge < -0.3 is 15.1 Å². The fourth-order valence-corrected chi connectivity index (χ4v) is 2.88. The number of benzene rings is 2. The molecule has 0 saturated carbocycles. The minimum Gasteiger partial charge on any atom is -0.408 e. The number of oxazole rings is 1. The van der Waals surface area contributed by atoms with E-state index in [9.17, 15) is 14.0 Å². The standard InChI is InChI=1S/C17H12FN3O3/c18-10-2-3-11-12(7-20-13(11)6-10)9-1-4-14-15(5-9)24-17(23)21(14)8-16(19)22/h1-7,20H,8H2,(H2,19,22). The maximum atomic E-state index is 13.3. The fraction of sp³-hybridized carbons (Fsp3) is 0.0588. The molecule has 0 aliphatic carbocycles. The third-order valence-corrected chi connectivity index (χ3v) is 3.94. The summed E-state index contributed by atoms with van der Waals surface area (Å²) in [4.78, 5) is 26.0. The molecule has 2 aromatic heterocycles. The summed E-state index contributed by atoms with van der Waals surface area (Å²) in [7, 11) is 0. The average Bonchev–Trinajstić information content (AvgIpc) is 3.07. The highest BCUT2D eigenvalue weighted by Crippen LogP contribution is 2.31. The van der Waals surface area contributed by atoms with Crippen molar-refractivity contribution in [2.45, 2.75) is 6.54 Å². The Balaban J connectivity index is 1.88. The lowest BCUT2D eigenvalue weighted by Gasteiger charge is -2.01. The Bertz CT molecular complexity index is 1150. The van der Waals surface area contributed by atoms with Crippen molar-refractivity contribution >= 4 is 27.9 Å². The topological polar surface area (TPSA) is 94.0 Å². The maximum absolute atomic E-state index is 13.3. The summed E-state index contributed by atoms with van der Waals surface area (Å²) in [6, 6.07) is 9.71. The molecule has 0 fully saturated rings. The summed E-state index contributed by atoms with van der Waals surface area (Å²) in [6.07, 6.45) is 1.77. The van der Waals surface area contributed by atoms with Gasteiger partial charge in [-0.15, -0.1) is 0 Å². The molecule has 0 spiro atoms. The quantitative estimate of drug-likeness (QED) is 0.605. The smallest absolute Gasteiger partial charge is 0.408 e. The Morgan fingerprint density at radius 3 is 2.88 bits per heavy atom. The molecule has 3 N–H and O–H groups in total. The number of aromatic nitrogens is 2. The number of carbonyl (C=O) groups excluding carboxylic acids is 1. The predicted molar refractivity (Wildman–Crippen MR) is 86.9 cm³/mol. The number of rotatable bonds is 3. The molecule has 2 aromatic carbocycles. The van der Waals surface area contributed by atoms with Gasteiger partial charge in [-0.1, -0.05) is 6.07 Å².